The Labute approximate surface area is 169 Å². The van der Waals surface area contributed by atoms with Crippen molar-refractivity contribution in [3.05, 3.63) is 53.6 Å². The number of fused-ring (bicyclic) bond motifs is 2. The van der Waals surface area contributed by atoms with Crippen LogP contribution in [0.5, 0.6) is 11.5 Å². The molecular weight excluding hydrogens is 370 g/mol. The van der Waals surface area contributed by atoms with Gasteiger partial charge >= 0.3 is 11.8 Å². The minimum Gasteiger partial charge on any atom is -0.454 e. The third-order valence-electron chi connectivity index (χ3n) is 5.82. The molecule has 1 fully saturated rings. The third-order valence-corrected chi connectivity index (χ3v) is 5.82. The standard InChI is InChI=1S/C22H23N3O4/c26-21(22(27)25-8-7-17-3-1-2-4-18(17)25)24-11-9-23(10-12-24)14-16-5-6-19-20(13-16)29-15-28-19/h1-6,13H,7-12,14-15H2. The number of hydrogen-bond acceptors (Lipinski definition) is 5. The Bertz CT molecular complexity index is 953. The summed E-state index contributed by atoms with van der Waals surface area (Å²) in [5.74, 6) is 0.752. The Morgan fingerprint density at radius 1 is 0.862 bits per heavy atom. The summed E-state index contributed by atoms with van der Waals surface area (Å²) in [6.07, 6.45) is 0.804. The van der Waals surface area contributed by atoms with E-state index in [1.807, 2.05) is 42.5 Å². The summed E-state index contributed by atoms with van der Waals surface area (Å²) in [4.78, 5) is 31.1. The van der Waals surface area contributed by atoms with E-state index in [9.17, 15) is 9.59 Å². The molecule has 5 rings (SSSR count). The van der Waals surface area contributed by atoms with Crippen LogP contribution in [0.1, 0.15) is 11.1 Å². The number of para-hydroxylation sites is 1. The Morgan fingerprint density at radius 3 is 2.52 bits per heavy atom. The SMILES string of the molecule is O=C(C(=O)N1CCc2ccccc21)N1CCN(Cc2ccc3c(c2)OCO3)CC1. The minimum absolute atomic E-state index is 0.273. The van der Waals surface area contributed by atoms with Crippen LogP contribution in [0.25, 0.3) is 0 Å². The molecule has 7 heteroatoms. The second-order valence-electron chi connectivity index (χ2n) is 7.59. The molecule has 2 aromatic rings. The zero-order chi connectivity index (χ0) is 19.8. The van der Waals surface area contributed by atoms with Gasteiger partial charge in [0.25, 0.3) is 0 Å². The number of benzene rings is 2. The predicted octanol–water partition coefficient (Wildman–Crippen LogP) is 1.65. The highest BCUT2D eigenvalue weighted by Crippen LogP contribution is 2.33. The van der Waals surface area contributed by atoms with Gasteiger partial charge in [-0.25, -0.2) is 0 Å². The second kappa shape index (κ2) is 7.40. The second-order valence-corrected chi connectivity index (χ2v) is 7.59. The molecule has 150 valence electrons. The molecule has 0 aromatic heterocycles. The van der Waals surface area contributed by atoms with Gasteiger partial charge in [0.2, 0.25) is 6.79 Å². The quantitative estimate of drug-likeness (QED) is 0.726. The van der Waals surface area contributed by atoms with E-state index >= 15 is 0 Å². The summed E-state index contributed by atoms with van der Waals surface area (Å²) in [5.41, 5.74) is 3.15. The molecule has 29 heavy (non-hydrogen) atoms. The third kappa shape index (κ3) is 3.42. The topological polar surface area (TPSA) is 62.3 Å². The Hall–Kier alpha value is -3.06. The molecule has 3 aliphatic heterocycles. The molecule has 0 unspecified atom stereocenters. The first-order valence-corrected chi connectivity index (χ1v) is 9.98. The number of piperazine rings is 1. The van der Waals surface area contributed by atoms with Gasteiger partial charge in [-0.3, -0.25) is 14.5 Å². The van der Waals surface area contributed by atoms with Gasteiger partial charge in [0.1, 0.15) is 0 Å². The summed E-state index contributed by atoms with van der Waals surface area (Å²) in [5, 5.41) is 0. The number of rotatable bonds is 2. The van der Waals surface area contributed by atoms with E-state index in [1.165, 1.54) is 0 Å². The number of hydrogen-bond donors (Lipinski definition) is 0. The molecule has 0 aliphatic carbocycles. The van der Waals surface area contributed by atoms with Gasteiger partial charge in [0.15, 0.2) is 11.5 Å². The zero-order valence-corrected chi connectivity index (χ0v) is 16.2. The van der Waals surface area contributed by atoms with Gasteiger partial charge < -0.3 is 19.3 Å². The van der Waals surface area contributed by atoms with Crippen LogP contribution in [0.15, 0.2) is 42.5 Å². The van der Waals surface area contributed by atoms with Crippen molar-refractivity contribution in [1.82, 2.24) is 9.80 Å². The molecule has 7 nitrogen and oxygen atoms in total. The lowest BCUT2D eigenvalue weighted by molar-refractivity contribution is -0.145. The summed E-state index contributed by atoms with van der Waals surface area (Å²) in [6, 6.07) is 13.8. The molecule has 0 N–H and O–H groups in total. The number of ether oxygens (including phenoxy) is 2. The van der Waals surface area contributed by atoms with E-state index < -0.39 is 11.8 Å². The highest BCUT2D eigenvalue weighted by molar-refractivity contribution is 6.40. The van der Waals surface area contributed by atoms with Gasteiger partial charge in [-0.15, -0.1) is 0 Å². The first-order chi connectivity index (χ1) is 14.2. The van der Waals surface area contributed by atoms with Gasteiger partial charge in [0, 0.05) is 45.0 Å². The van der Waals surface area contributed by atoms with Crippen molar-refractivity contribution in [1.29, 1.82) is 0 Å². The van der Waals surface area contributed by atoms with Crippen LogP contribution in [0.3, 0.4) is 0 Å². The van der Waals surface area contributed by atoms with Gasteiger partial charge in [-0.1, -0.05) is 24.3 Å². The van der Waals surface area contributed by atoms with E-state index in [0.717, 1.165) is 54.4 Å². The predicted molar refractivity (Wildman–Crippen MR) is 107 cm³/mol. The molecule has 0 spiro atoms. The highest BCUT2D eigenvalue weighted by Gasteiger charge is 2.33. The largest absolute Gasteiger partial charge is 0.454 e. The molecule has 0 atom stereocenters. The lowest BCUT2D eigenvalue weighted by atomic mass is 10.1. The summed E-state index contributed by atoms with van der Waals surface area (Å²) < 4.78 is 10.8. The van der Waals surface area contributed by atoms with Crippen LogP contribution in [-0.4, -0.2) is 61.1 Å². The lowest BCUT2D eigenvalue weighted by Crippen LogP contribution is -2.53. The fourth-order valence-corrected chi connectivity index (χ4v) is 4.21. The fourth-order valence-electron chi connectivity index (χ4n) is 4.21. The van der Waals surface area contributed by atoms with Crippen LogP contribution >= 0.6 is 0 Å². The number of carbonyl (C=O) groups is 2. The van der Waals surface area contributed by atoms with Crippen LogP contribution in [0, 0.1) is 0 Å². The van der Waals surface area contributed by atoms with Gasteiger partial charge in [-0.2, -0.15) is 0 Å². The van der Waals surface area contributed by atoms with E-state index in [4.69, 9.17) is 9.47 Å². The van der Waals surface area contributed by atoms with Crippen molar-refractivity contribution in [2.45, 2.75) is 13.0 Å². The van der Waals surface area contributed by atoms with Crippen molar-refractivity contribution >= 4 is 17.5 Å². The molecule has 2 aromatic carbocycles. The van der Waals surface area contributed by atoms with Gasteiger partial charge in [0.05, 0.1) is 0 Å². The van der Waals surface area contributed by atoms with Crippen molar-refractivity contribution < 1.29 is 19.1 Å². The first-order valence-electron chi connectivity index (χ1n) is 9.98. The van der Waals surface area contributed by atoms with Crippen LogP contribution in [0.2, 0.25) is 0 Å². The van der Waals surface area contributed by atoms with Crippen LogP contribution < -0.4 is 14.4 Å². The van der Waals surface area contributed by atoms with Crippen molar-refractivity contribution in [3.8, 4) is 11.5 Å². The van der Waals surface area contributed by atoms with Crippen molar-refractivity contribution in [2.75, 3.05) is 44.4 Å². The number of carbonyl (C=O) groups excluding carboxylic acids is 2. The van der Waals surface area contributed by atoms with E-state index in [-0.39, 0.29) is 6.79 Å². The van der Waals surface area contributed by atoms with Crippen LogP contribution in [0.4, 0.5) is 5.69 Å². The molecule has 0 bridgehead atoms. The monoisotopic (exact) mass is 393 g/mol. The molecule has 0 radical (unpaired) electrons. The molecule has 0 saturated carbocycles. The molecular formula is C22H23N3O4. The maximum Gasteiger partial charge on any atom is 0.316 e. The summed E-state index contributed by atoms with van der Waals surface area (Å²) >= 11 is 0. The number of amides is 2. The minimum atomic E-state index is -0.417. The number of nitrogens with zero attached hydrogens (tertiary/aromatic N) is 3. The Kier molecular flexibility index (Phi) is 4.60. The van der Waals surface area contributed by atoms with Gasteiger partial charge in [-0.05, 0) is 35.7 Å². The molecule has 2 amide bonds. The normalized spacial score (nSPS) is 18.1. The smallest absolute Gasteiger partial charge is 0.316 e. The molecule has 3 aliphatic rings. The average Bonchev–Trinajstić information content (AvgIpc) is 3.40. The highest BCUT2D eigenvalue weighted by atomic mass is 16.7. The average molecular weight is 393 g/mol. The van der Waals surface area contributed by atoms with Crippen molar-refractivity contribution in [3.63, 3.8) is 0 Å². The first kappa shape index (κ1) is 18.0. The lowest BCUT2D eigenvalue weighted by Gasteiger charge is -2.35. The molecule has 3 heterocycles. The number of anilines is 1. The maximum atomic E-state index is 12.8. The zero-order valence-electron chi connectivity index (χ0n) is 16.2. The summed E-state index contributed by atoms with van der Waals surface area (Å²) in [6.45, 7) is 4.23. The van der Waals surface area contributed by atoms with E-state index in [1.54, 1.807) is 9.80 Å². The summed E-state index contributed by atoms with van der Waals surface area (Å²) in [7, 11) is 0. The fraction of sp³-hybridized carbons (Fsp3) is 0.364. The maximum absolute atomic E-state index is 12.8. The van der Waals surface area contributed by atoms with Crippen molar-refractivity contribution in [2.24, 2.45) is 0 Å². The Balaban J connectivity index is 1.17. The Morgan fingerprint density at radius 2 is 1.66 bits per heavy atom. The van der Waals surface area contributed by atoms with Crippen LogP contribution in [-0.2, 0) is 22.6 Å². The molecule has 1 saturated heterocycles. The van der Waals surface area contributed by atoms with E-state index in [0.29, 0.717) is 19.6 Å². The van der Waals surface area contributed by atoms with E-state index in [2.05, 4.69) is 4.90 Å².